The van der Waals surface area contributed by atoms with Crippen LogP contribution in [0.2, 0.25) is 0 Å². The fraction of sp³-hybridized carbons (Fsp3) is 0.600. The standard InChI is InChI=1S/C20H28N4O3/c1-13(2)18-10-20(26)24(12-21-18)11-16-5-7-23(8-6-16)19(25)9-17-14(3)22-27-15(17)4/h10,12-13,16H,5-9,11H2,1-4H3. The summed E-state index contributed by atoms with van der Waals surface area (Å²) in [5, 5.41) is 3.91. The summed E-state index contributed by atoms with van der Waals surface area (Å²) in [6, 6.07) is 1.63. The maximum atomic E-state index is 12.6. The van der Waals surface area contributed by atoms with Crippen molar-refractivity contribution in [2.45, 2.75) is 59.4 Å². The molecule has 7 heteroatoms. The largest absolute Gasteiger partial charge is 0.361 e. The second-order valence-electron chi connectivity index (χ2n) is 7.76. The molecular weight excluding hydrogens is 344 g/mol. The van der Waals surface area contributed by atoms with E-state index in [0.717, 1.165) is 42.9 Å². The molecule has 1 aliphatic rings. The van der Waals surface area contributed by atoms with E-state index in [0.29, 0.717) is 24.6 Å². The first-order valence-electron chi connectivity index (χ1n) is 9.61. The van der Waals surface area contributed by atoms with Gasteiger partial charge < -0.3 is 9.42 Å². The molecule has 3 heterocycles. The number of carbonyl (C=O) groups excluding carboxylic acids is 1. The van der Waals surface area contributed by atoms with Crippen molar-refractivity contribution in [3.63, 3.8) is 0 Å². The van der Waals surface area contributed by atoms with Gasteiger partial charge in [0.15, 0.2) is 0 Å². The molecule has 0 aliphatic carbocycles. The molecule has 1 saturated heterocycles. The fourth-order valence-corrected chi connectivity index (χ4v) is 3.55. The third-order valence-corrected chi connectivity index (χ3v) is 5.42. The molecule has 3 rings (SSSR count). The number of amides is 1. The molecule has 2 aromatic rings. The van der Waals surface area contributed by atoms with Crippen LogP contribution in [-0.4, -0.2) is 38.6 Å². The van der Waals surface area contributed by atoms with Crippen LogP contribution in [0.3, 0.4) is 0 Å². The lowest BCUT2D eigenvalue weighted by atomic mass is 9.96. The van der Waals surface area contributed by atoms with E-state index in [-0.39, 0.29) is 17.4 Å². The number of hydrogen-bond acceptors (Lipinski definition) is 5. The van der Waals surface area contributed by atoms with Crippen LogP contribution in [0, 0.1) is 19.8 Å². The quantitative estimate of drug-likeness (QED) is 0.805. The maximum Gasteiger partial charge on any atom is 0.253 e. The molecule has 0 saturated carbocycles. The molecule has 0 atom stereocenters. The number of rotatable bonds is 5. The van der Waals surface area contributed by atoms with Crippen LogP contribution in [0.25, 0.3) is 0 Å². The van der Waals surface area contributed by atoms with Crippen molar-refractivity contribution in [3.8, 4) is 0 Å². The van der Waals surface area contributed by atoms with E-state index >= 15 is 0 Å². The molecule has 0 radical (unpaired) electrons. The van der Waals surface area contributed by atoms with E-state index < -0.39 is 0 Å². The van der Waals surface area contributed by atoms with Gasteiger partial charge in [-0.05, 0) is 38.5 Å². The number of aromatic nitrogens is 3. The predicted molar refractivity (Wildman–Crippen MR) is 102 cm³/mol. The van der Waals surface area contributed by atoms with Crippen LogP contribution >= 0.6 is 0 Å². The molecule has 1 fully saturated rings. The number of nitrogens with zero attached hydrogens (tertiary/aromatic N) is 4. The smallest absolute Gasteiger partial charge is 0.253 e. The van der Waals surface area contributed by atoms with Crippen molar-refractivity contribution in [1.82, 2.24) is 19.6 Å². The van der Waals surface area contributed by atoms with Gasteiger partial charge in [0.05, 0.1) is 24.1 Å². The highest BCUT2D eigenvalue weighted by Gasteiger charge is 2.25. The minimum atomic E-state index is 0.00520. The number of piperidine rings is 1. The molecule has 0 unspecified atom stereocenters. The van der Waals surface area contributed by atoms with Gasteiger partial charge in [-0.3, -0.25) is 14.2 Å². The number of hydrogen-bond donors (Lipinski definition) is 0. The third kappa shape index (κ3) is 4.46. The highest BCUT2D eigenvalue weighted by molar-refractivity contribution is 5.79. The van der Waals surface area contributed by atoms with Gasteiger partial charge in [-0.15, -0.1) is 0 Å². The van der Waals surface area contributed by atoms with E-state index in [1.165, 1.54) is 0 Å². The van der Waals surface area contributed by atoms with Crippen molar-refractivity contribution in [1.29, 1.82) is 0 Å². The minimum Gasteiger partial charge on any atom is -0.361 e. The lowest BCUT2D eigenvalue weighted by Gasteiger charge is -2.32. The van der Waals surface area contributed by atoms with Gasteiger partial charge in [-0.2, -0.15) is 0 Å². The van der Waals surface area contributed by atoms with Crippen molar-refractivity contribution in [2.24, 2.45) is 5.92 Å². The molecule has 1 amide bonds. The van der Waals surface area contributed by atoms with Gasteiger partial charge in [-0.25, -0.2) is 4.98 Å². The first-order valence-corrected chi connectivity index (χ1v) is 9.61. The Hall–Kier alpha value is -2.44. The third-order valence-electron chi connectivity index (χ3n) is 5.42. The minimum absolute atomic E-state index is 0.00520. The molecule has 0 bridgehead atoms. The first kappa shape index (κ1) is 19.3. The predicted octanol–water partition coefficient (Wildman–Crippen LogP) is 2.45. The Morgan fingerprint density at radius 2 is 2.00 bits per heavy atom. The van der Waals surface area contributed by atoms with Gasteiger partial charge in [0.2, 0.25) is 5.91 Å². The summed E-state index contributed by atoms with van der Waals surface area (Å²) >= 11 is 0. The van der Waals surface area contributed by atoms with E-state index in [4.69, 9.17) is 4.52 Å². The van der Waals surface area contributed by atoms with Gasteiger partial charge in [0, 0.05) is 31.3 Å². The summed E-state index contributed by atoms with van der Waals surface area (Å²) in [4.78, 5) is 31.2. The summed E-state index contributed by atoms with van der Waals surface area (Å²) < 4.78 is 6.83. The molecule has 146 valence electrons. The Labute approximate surface area is 159 Å². The molecule has 0 N–H and O–H groups in total. The van der Waals surface area contributed by atoms with Crippen LogP contribution in [0.1, 0.15) is 55.3 Å². The molecule has 2 aromatic heterocycles. The van der Waals surface area contributed by atoms with Gasteiger partial charge in [0.25, 0.3) is 5.56 Å². The number of aryl methyl sites for hydroxylation is 2. The average molecular weight is 372 g/mol. The fourth-order valence-electron chi connectivity index (χ4n) is 3.55. The second kappa shape index (κ2) is 8.06. The topological polar surface area (TPSA) is 81.2 Å². The van der Waals surface area contributed by atoms with E-state index in [2.05, 4.69) is 10.1 Å². The van der Waals surface area contributed by atoms with Crippen molar-refractivity contribution < 1.29 is 9.32 Å². The molecule has 0 aromatic carbocycles. The van der Waals surface area contributed by atoms with E-state index in [1.54, 1.807) is 17.0 Å². The highest BCUT2D eigenvalue weighted by atomic mass is 16.5. The van der Waals surface area contributed by atoms with Crippen LogP contribution < -0.4 is 5.56 Å². The lowest BCUT2D eigenvalue weighted by Crippen LogP contribution is -2.40. The Morgan fingerprint density at radius 3 is 2.56 bits per heavy atom. The Kier molecular flexibility index (Phi) is 5.77. The molecule has 7 nitrogen and oxygen atoms in total. The zero-order valence-corrected chi connectivity index (χ0v) is 16.6. The second-order valence-corrected chi connectivity index (χ2v) is 7.76. The van der Waals surface area contributed by atoms with E-state index in [1.807, 2.05) is 32.6 Å². The Morgan fingerprint density at radius 1 is 1.30 bits per heavy atom. The van der Waals surface area contributed by atoms with Gasteiger partial charge in [0.1, 0.15) is 5.76 Å². The van der Waals surface area contributed by atoms with Crippen molar-refractivity contribution >= 4 is 5.91 Å². The summed E-state index contributed by atoms with van der Waals surface area (Å²) in [5.41, 5.74) is 2.51. The monoisotopic (exact) mass is 372 g/mol. The van der Waals surface area contributed by atoms with Crippen molar-refractivity contribution in [2.75, 3.05) is 13.1 Å². The van der Waals surface area contributed by atoms with Crippen molar-refractivity contribution in [3.05, 3.63) is 45.5 Å². The van der Waals surface area contributed by atoms with Crippen LogP contribution in [-0.2, 0) is 17.8 Å². The maximum absolute atomic E-state index is 12.6. The summed E-state index contributed by atoms with van der Waals surface area (Å²) in [6.07, 6.45) is 3.79. The molecule has 0 spiro atoms. The summed E-state index contributed by atoms with van der Waals surface area (Å²) in [6.45, 7) is 9.87. The summed E-state index contributed by atoms with van der Waals surface area (Å²) in [7, 11) is 0. The molecule has 1 aliphatic heterocycles. The summed E-state index contributed by atoms with van der Waals surface area (Å²) in [5.74, 6) is 1.47. The normalized spacial score (nSPS) is 15.5. The Bertz CT molecular complexity index is 841. The van der Waals surface area contributed by atoms with Crippen LogP contribution in [0.5, 0.6) is 0 Å². The molecular formula is C20H28N4O3. The van der Waals surface area contributed by atoms with Gasteiger partial charge >= 0.3 is 0 Å². The number of carbonyl (C=O) groups is 1. The molecule has 27 heavy (non-hydrogen) atoms. The zero-order chi connectivity index (χ0) is 19.6. The van der Waals surface area contributed by atoms with Crippen LogP contribution in [0.4, 0.5) is 0 Å². The van der Waals surface area contributed by atoms with Gasteiger partial charge in [-0.1, -0.05) is 19.0 Å². The Balaban J connectivity index is 1.54. The zero-order valence-electron chi connectivity index (χ0n) is 16.6. The first-order chi connectivity index (χ1) is 12.8. The average Bonchev–Trinajstić information content (AvgIpc) is 2.95. The SMILES string of the molecule is Cc1noc(C)c1CC(=O)N1CCC(Cn2cnc(C(C)C)cc2=O)CC1. The van der Waals surface area contributed by atoms with E-state index in [9.17, 15) is 9.59 Å². The van der Waals surface area contributed by atoms with Crippen LogP contribution in [0.15, 0.2) is 21.7 Å². The number of likely N-dealkylation sites (tertiary alicyclic amines) is 1. The highest BCUT2D eigenvalue weighted by Crippen LogP contribution is 2.21. The lowest BCUT2D eigenvalue weighted by molar-refractivity contribution is -0.131.